The van der Waals surface area contributed by atoms with Gasteiger partial charge in [0.25, 0.3) is 5.78 Å². The number of nitrogens with zero attached hydrogens (tertiary/aromatic N) is 6. The van der Waals surface area contributed by atoms with Crippen molar-refractivity contribution in [1.29, 1.82) is 0 Å². The summed E-state index contributed by atoms with van der Waals surface area (Å²) in [7, 11) is 7.50. The standard InChI is InChI=1S/C12H16N6O/c1-16(2)6-9(7-19)10-5-11(17(3)4)18-12(15-10)13-8-14-18/h5-8H,1-4H3/b9-6+. The highest BCUT2D eigenvalue weighted by atomic mass is 16.1. The summed E-state index contributed by atoms with van der Waals surface area (Å²) < 4.78 is 1.63. The fourth-order valence-electron chi connectivity index (χ4n) is 1.70. The average Bonchev–Trinajstić information content (AvgIpc) is 2.82. The summed E-state index contributed by atoms with van der Waals surface area (Å²) in [4.78, 5) is 23.3. The van der Waals surface area contributed by atoms with E-state index in [0.717, 1.165) is 12.1 Å². The Hall–Kier alpha value is -2.44. The minimum Gasteiger partial charge on any atom is -0.383 e. The number of hydrogen-bond donors (Lipinski definition) is 0. The van der Waals surface area contributed by atoms with Gasteiger partial charge in [-0.1, -0.05) is 0 Å². The predicted molar refractivity (Wildman–Crippen MR) is 72.8 cm³/mol. The van der Waals surface area contributed by atoms with Crippen molar-refractivity contribution in [3.05, 3.63) is 24.3 Å². The lowest BCUT2D eigenvalue weighted by atomic mass is 10.2. The summed E-state index contributed by atoms with van der Waals surface area (Å²) in [6, 6.07) is 1.81. The molecule has 0 aliphatic heterocycles. The van der Waals surface area contributed by atoms with E-state index >= 15 is 0 Å². The number of carbonyl (C=O) groups is 1. The van der Waals surface area contributed by atoms with Crippen LogP contribution in [0.2, 0.25) is 0 Å². The molecule has 0 atom stereocenters. The first-order valence-electron chi connectivity index (χ1n) is 5.75. The van der Waals surface area contributed by atoms with Crippen LogP contribution in [-0.4, -0.2) is 59.0 Å². The number of anilines is 1. The van der Waals surface area contributed by atoms with Gasteiger partial charge in [0.2, 0.25) is 0 Å². The monoisotopic (exact) mass is 260 g/mol. The number of aromatic nitrogens is 4. The third-order valence-corrected chi connectivity index (χ3v) is 2.51. The van der Waals surface area contributed by atoms with Crippen LogP contribution in [0, 0.1) is 0 Å². The molecular weight excluding hydrogens is 244 g/mol. The first-order valence-corrected chi connectivity index (χ1v) is 5.75. The van der Waals surface area contributed by atoms with E-state index in [1.54, 1.807) is 15.6 Å². The van der Waals surface area contributed by atoms with Crippen molar-refractivity contribution in [2.24, 2.45) is 0 Å². The second-order valence-corrected chi connectivity index (χ2v) is 4.53. The topological polar surface area (TPSA) is 66.6 Å². The minimum absolute atomic E-state index is 0.465. The molecule has 2 rings (SSSR count). The first-order chi connectivity index (χ1) is 9.02. The Labute approximate surface area is 111 Å². The molecule has 0 unspecified atom stereocenters. The van der Waals surface area contributed by atoms with Gasteiger partial charge in [-0.2, -0.15) is 14.6 Å². The van der Waals surface area contributed by atoms with Crippen molar-refractivity contribution >= 4 is 23.5 Å². The molecule has 0 fully saturated rings. The molecule has 0 N–H and O–H groups in total. The molecule has 0 aromatic carbocycles. The van der Waals surface area contributed by atoms with Gasteiger partial charge in [-0.3, -0.25) is 4.79 Å². The van der Waals surface area contributed by atoms with Gasteiger partial charge < -0.3 is 9.80 Å². The number of aldehydes is 1. The summed E-state index contributed by atoms with van der Waals surface area (Å²) >= 11 is 0. The van der Waals surface area contributed by atoms with Gasteiger partial charge in [-0.15, -0.1) is 0 Å². The zero-order valence-electron chi connectivity index (χ0n) is 11.4. The second kappa shape index (κ2) is 5.05. The van der Waals surface area contributed by atoms with E-state index in [0.29, 0.717) is 17.0 Å². The zero-order valence-corrected chi connectivity index (χ0v) is 11.4. The molecule has 19 heavy (non-hydrogen) atoms. The lowest BCUT2D eigenvalue weighted by Gasteiger charge is -2.15. The SMILES string of the molecule is CN(C)/C=C(\C=O)c1cc(N(C)C)n2ncnc2n1. The Kier molecular flexibility index (Phi) is 3.46. The molecule has 0 amide bonds. The second-order valence-electron chi connectivity index (χ2n) is 4.53. The largest absolute Gasteiger partial charge is 0.383 e. The molecule has 0 aliphatic rings. The molecule has 0 saturated carbocycles. The molecule has 0 radical (unpaired) electrons. The van der Waals surface area contributed by atoms with Gasteiger partial charge in [0.1, 0.15) is 12.1 Å². The lowest BCUT2D eigenvalue weighted by molar-refractivity contribution is -0.103. The van der Waals surface area contributed by atoms with E-state index < -0.39 is 0 Å². The van der Waals surface area contributed by atoms with Crippen LogP contribution in [-0.2, 0) is 4.79 Å². The Morgan fingerprint density at radius 2 is 2.05 bits per heavy atom. The van der Waals surface area contributed by atoms with E-state index in [1.165, 1.54) is 6.33 Å². The van der Waals surface area contributed by atoms with Crippen LogP contribution in [0.1, 0.15) is 5.69 Å². The number of allylic oxidation sites excluding steroid dienone is 1. The van der Waals surface area contributed by atoms with Crippen LogP contribution in [0.4, 0.5) is 5.82 Å². The van der Waals surface area contributed by atoms with Crippen molar-refractivity contribution in [2.45, 2.75) is 0 Å². The number of hydrogen-bond acceptors (Lipinski definition) is 6. The van der Waals surface area contributed by atoms with E-state index in [2.05, 4.69) is 15.1 Å². The van der Waals surface area contributed by atoms with Crippen LogP contribution in [0.5, 0.6) is 0 Å². The Morgan fingerprint density at radius 3 is 2.63 bits per heavy atom. The van der Waals surface area contributed by atoms with Gasteiger partial charge in [0.05, 0.1) is 11.3 Å². The van der Waals surface area contributed by atoms with E-state index in [1.807, 2.05) is 39.2 Å². The van der Waals surface area contributed by atoms with Crippen molar-refractivity contribution in [3.63, 3.8) is 0 Å². The Bertz CT molecular complexity index is 628. The van der Waals surface area contributed by atoms with Crippen LogP contribution in [0.25, 0.3) is 11.4 Å². The van der Waals surface area contributed by atoms with E-state index in [-0.39, 0.29) is 0 Å². The third kappa shape index (κ3) is 2.54. The molecule has 2 aromatic heterocycles. The molecule has 0 aliphatic carbocycles. The fourth-order valence-corrected chi connectivity index (χ4v) is 1.70. The van der Waals surface area contributed by atoms with Crippen LogP contribution in [0.15, 0.2) is 18.6 Å². The van der Waals surface area contributed by atoms with Crippen molar-refractivity contribution in [1.82, 2.24) is 24.5 Å². The number of carbonyl (C=O) groups excluding carboxylic acids is 1. The summed E-state index contributed by atoms with van der Waals surface area (Å²) in [5.41, 5.74) is 1.08. The molecule has 7 heteroatoms. The zero-order chi connectivity index (χ0) is 14.0. The number of fused-ring (bicyclic) bond motifs is 1. The summed E-state index contributed by atoms with van der Waals surface area (Å²) in [6.07, 6.45) is 3.95. The summed E-state index contributed by atoms with van der Waals surface area (Å²) in [6.45, 7) is 0. The number of rotatable bonds is 4. The van der Waals surface area contributed by atoms with Gasteiger partial charge in [-0.05, 0) is 0 Å². The van der Waals surface area contributed by atoms with Gasteiger partial charge in [0, 0.05) is 40.5 Å². The van der Waals surface area contributed by atoms with Crippen LogP contribution in [0.3, 0.4) is 0 Å². The maximum Gasteiger partial charge on any atom is 0.254 e. The fraction of sp³-hybridized carbons (Fsp3) is 0.333. The van der Waals surface area contributed by atoms with Crippen molar-refractivity contribution < 1.29 is 4.79 Å². The summed E-state index contributed by atoms with van der Waals surface area (Å²) in [5, 5.41) is 4.11. The van der Waals surface area contributed by atoms with Gasteiger partial charge in [0.15, 0.2) is 6.29 Å². The molecule has 0 bridgehead atoms. The third-order valence-electron chi connectivity index (χ3n) is 2.51. The minimum atomic E-state index is 0.465. The maximum atomic E-state index is 11.2. The van der Waals surface area contributed by atoms with Gasteiger partial charge in [-0.25, -0.2) is 4.98 Å². The molecule has 2 aromatic rings. The highest BCUT2D eigenvalue weighted by Gasteiger charge is 2.12. The van der Waals surface area contributed by atoms with E-state index in [4.69, 9.17) is 0 Å². The van der Waals surface area contributed by atoms with E-state index in [9.17, 15) is 4.79 Å². The molecular formula is C12H16N6O. The highest BCUT2D eigenvalue weighted by molar-refractivity contribution is 6.06. The van der Waals surface area contributed by atoms with Crippen molar-refractivity contribution in [2.75, 3.05) is 33.1 Å². The van der Waals surface area contributed by atoms with Crippen molar-refractivity contribution in [3.8, 4) is 0 Å². The maximum absolute atomic E-state index is 11.2. The normalized spacial score (nSPS) is 11.7. The predicted octanol–water partition coefficient (Wildman–Crippen LogP) is 0.292. The first kappa shape index (κ1) is 13.0. The quantitative estimate of drug-likeness (QED) is 0.581. The molecule has 0 saturated heterocycles. The molecule has 100 valence electrons. The van der Waals surface area contributed by atoms with Crippen LogP contribution >= 0.6 is 0 Å². The molecule has 7 nitrogen and oxygen atoms in total. The van der Waals surface area contributed by atoms with Gasteiger partial charge >= 0.3 is 0 Å². The highest BCUT2D eigenvalue weighted by Crippen LogP contribution is 2.18. The lowest BCUT2D eigenvalue weighted by Crippen LogP contribution is -2.15. The Morgan fingerprint density at radius 1 is 1.32 bits per heavy atom. The Balaban J connectivity index is 2.64. The summed E-state index contributed by atoms with van der Waals surface area (Å²) in [5.74, 6) is 1.27. The molecule has 0 spiro atoms. The van der Waals surface area contributed by atoms with Crippen LogP contribution < -0.4 is 4.90 Å². The molecule has 2 heterocycles. The smallest absolute Gasteiger partial charge is 0.254 e. The average molecular weight is 260 g/mol.